The molecule has 0 spiro atoms. The maximum atomic E-state index is 6.01. The van der Waals surface area contributed by atoms with Crippen LogP contribution in [0, 0.1) is 5.92 Å². The number of ether oxygens (including phenoxy) is 1. The minimum atomic E-state index is 0.272. The summed E-state index contributed by atoms with van der Waals surface area (Å²) in [5.74, 6) is 1.73. The molecule has 0 radical (unpaired) electrons. The number of halogens is 1. The highest BCUT2D eigenvalue weighted by Gasteiger charge is 2.23. The monoisotopic (exact) mass is 264 g/mol. The molecule has 4 nitrogen and oxygen atoms in total. The third-order valence-electron chi connectivity index (χ3n) is 3.00. The first-order valence-corrected chi connectivity index (χ1v) is 6.24. The molecule has 1 aliphatic carbocycles. The molecular weight excluding hydrogens is 252 g/mol. The predicted molar refractivity (Wildman–Crippen MR) is 69.6 cm³/mol. The first-order chi connectivity index (χ1) is 8.74. The van der Waals surface area contributed by atoms with Crippen LogP contribution in [0.25, 0.3) is 11.1 Å². The van der Waals surface area contributed by atoms with Gasteiger partial charge in [0.2, 0.25) is 5.88 Å². The van der Waals surface area contributed by atoms with E-state index in [1.165, 1.54) is 12.8 Å². The van der Waals surface area contributed by atoms with Crippen molar-refractivity contribution in [1.29, 1.82) is 0 Å². The Kier molecular flexibility index (Phi) is 2.88. The second-order valence-electron chi connectivity index (χ2n) is 4.50. The number of nitrogens with two attached hydrogens (primary N) is 1. The summed E-state index contributed by atoms with van der Waals surface area (Å²) in [6.45, 7) is 0.736. The van der Waals surface area contributed by atoms with Crippen molar-refractivity contribution in [2.24, 2.45) is 5.92 Å². The Morgan fingerprint density at radius 3 is 2.89 bits per heavy atom. The number of hydrogen-bond donors (Lipinski definition) is 1. The van der Waals surface area contributed by atoms with Gasteiger partial charge in [-0.2, -0.15) is 0 Å². The van der Waals surface area contributed by atoms with E-state index in [0.717, 1.165) is 17.9 Å². The lowest BCUT2D eigenvalue weighted by molar-refractivity contribution is 0.301. The fraction of sp³-hybridized carbons (Fsp3) is 0.308. The van der Waals surface area contributed by atoms with Crippen LogP contribution >= 0.6 is 11.6 Å². The zero-order valence-corrected chi connectivity index (χ0v) is 10.5. The van der Waals surface area contributed by atoms with Gasteiger partial charge in [0, 0.05) is 10.6 Å². The number of nitrogens with zero attached hydrogens (tertiary/aromatic N) is 1. The molecule has 0 unspecified atom stereocenters. The highest BCUT2D eigenvalue weighted by atomic mass is 35.5. The molecule has 1 heterocycles. The van der Waals surface area contributed by atoms with Crippen molar-refractivity contribution in [2.75, 3.05) is 12.3 Å². The largest absolute Gasteiger partial charge is 0.493 e. The van der Waals surface area contributed by atoms with E-state index in [1.54, 1.807) is 12.3 Å². The van der Waals surface area contributed by atoms with Crippen molar-refractivity contribution < 1.29 is 9.26 Å². The summed E-state index contributed by atoms with van der Waals surface area (Å²) in [5, 5.41) is 4.31. The molecule has 5 heteroatoms. The first kappa shape index (κ1) is 11.4. The van der Waals surface area contributed by atoms with Gasteiger partial charge >= 0.3 is 0 Å². The molecule has 1 fully saturated rings. The second-order valence-corrected chi connectivity index (χ2v) is 4.94. The molecule has 0 aliphatic heterocycles. The Morgan fingerprint density at radius 1 is 1.39 bits per heavy atom. The Morgan fingerprint density at radius 2 is 2.22 bits per heavy atom. The quantitative estimate of drug-likeness (QED) is 0.920. The standard InChI is InChI=1S/C13H13ClN2O2/c14-9-3-4-12(17-7-8-1-2-8)10(5-9)11-6-16-18-13(11)15/h3-6,8H,1-2,7,15H2. The topological polar surface area (TPSA) is 61.3 Å². The molecular formula is C13H13ClN2O2. The van der Waals surface area contributed by atoms with Gasteiger partial charge in [-0.25, -0.2) is 0 Å². The fourth-order valence-electron chi connectivity index (χ4n) is 1.78. The zero-order chi connectivity index (χ0) is 12.5. The maximum absolute atomic E-state index is 6.01. The molecule has 1 aromatic carbocycles. The second kappa shape index (κ2) is 4.53. The molecule has 0 saturated heterocycles. The van der Waals surface area contributed by atoms with Crippen LogP contribution in [0.3, 0.4) is 0 Å². The summed E-state index contributed by atoms with van der Waals surface area (Å²) in [6.07, 6.45) is 4.07. The molecule has 94 valence electrons. The van der Waals surface area contributed by atoms with Crippen LogP contribution in [-0.2, 0) is 0 Å². The molecule has 18 heavy (non-hydrogen) atoms. The molecule has 2 N–H and O–H groups in total. The molecule has 2 aromatic rings. The van der Waals surface area contributed by atoms with Gasteiger partial charge in [0.15, 0.2) is 0 Å². The van der Waals surface area contributed by atoms with E-state index in [9.17, 15) is 0 Å². The van der Waals surface area contributed by atoms with Crippen molar-refractivity contribution in [3.63, 3.8) is 0 Å². The number of hydrogen-bond acceptors (Lipinski definition) is 4. The summed E-state index contributed by atoms with van der Waals surface area (Å²) in [7, 11) is 0. The Bertz CT molecular complexity index is 564. The van der Waals surface area contributed by atoms with Gasteiger partial charge in [-0.1, -0.05) is 16.8 Å². The summed E-state index contributed by atoms with van der Waals surface area (Å²) < 4.78 is 10.7. The number of anilines is 1. The first-order valence-electron chi connectivity index (χ1n) is 5.87. The summed E-state index contributed by atoms with van der Waals surface area (Å²) in [6, 6.07) is 5.47. The van der Waals surface area contributed by atoms with Crippen LogP contribution < -0.4 is 10.5 Å². The van der Waals surface area contributed by atoms with Crippen LogP contribution in [0.2, 0.25) is 5.02 Å². The van der Waals surface area contributed by atoms with Gasteiger partial charge < -0.3 is 15.0 Å². The molecule has 1 aromatic heterocycles. The minimum absolute atomic E-state index is 0.272. The Hall–Kier alpha value is -1.68. The number of aromatic nitrogens is 1. The lowest BCUT2D eigenvalue weighted by atomic mass is 10.1. The van der Waals surface area contributed by atoms with Gasteiger partial charge in [-0.05, 0) is 37.0 Å². The van der Waals surface area contributed by atoms with Crippen molar-refractivity contribution in [3.8, 4) is 16.9 Å². The number of benzene rings is 1. The SMILES string of the molecule is Nc1oncc1-c1cc(Cl)ccc1OCC1CC1. The molecule has 3 rings (SSSR count). The predicted octanol–water partition coefficient (Wildman–Crippen LogP) is 3.37. The highest BCUT2D eigenvalue weighted by Crippen LogP contribution is 2.37. The van der Waals surface area contributed by atoms with Gasteiger partial charge in [0.1, 0.15) is 5.75 Å². The lowest BCUT2D eigenvalue weighted by Crippen LogP contribution is -2.00. The van der Waals surface area contributed by atoms with E-state index in [4.69, 9.17) is 26.6 Å². The molecule has 1 aliphatic rings. The van der Waals surface area contributed by atoms with E-state index >= 15 is 0 Å². The fourth-order valence-corrected chi connectivity index (χ4v) is 1.95. The zero-order valence-electron chi connectivity index (χ0n) is 9.73. The number of rotatable bonds is 4. The van der Waals surface area contributed by atoms with Crippen LogP contribution in [0.4, 0.5) is 5.88 Å². The number of nitrogen functional groups attached to an aromatic ring is 1. The van der Waals surface area contributed by atoms with Crippen LogP contribution in [-0.4, -0.2) is 11.8 Å². The molecule has 0 bridgehead atoms. The minimum Gasteiger partial charge on any atom is -0.493 e. The third-order valence-corrected chi connectivity index (χ3v) is 3.24. The van der Waals surface area contributed by atoms with Crippen LogP contribution in [0.15, 0.2) is 28.9 Å². The summed E-state index contributed by atoms with van der Waals surface area (Å²) in [5.41, 5.74) is 7.26. The summed E-state index contributed by atoms with van der Waals surface area (Å²) >= 11 is 6.01. The molecule has 0 atom stereocenters. The van der Waals surface area contributed by atoms with Gasteiger partial charge in [-0.3, -0.25) is 0 Å². The smallest absolute Gasteiger partial charge is 0.230 e. The van der Waals surface area contributed by atoms with Crippen LogP contribution in [0.1, 0.15) is 12.8 Å². The Balaban J connectivity index is 1.94. The highest BCUT2D eigenvalue weighted by molar-refractivity contribution is 6.31. The average Bonchev–Trinajstić information content (AvgIpc) is 3.09. The van der Waals surface area contributed by atoms with E-state index in [1.807, 2.05) is 12.1 Å². The van der Waals surface area contributed by atoms with Gasteiger partial charge in [0.05, 0.1) is 18.4 Å². The van der Waals surface area contributed by atoms with Crippen molar-refractivity contribution in [1.82, 2.24) is 5.16 Å². The van der Waals surface area contributed by atoms with Crippen molar-refractivity contribution in [2.45, 2.75) is 12.8 Å². The average molecular weight is 265 g/mol. The molecule has 1 saturated carbocycles. The third kappa shape index (κ3) is 2.29. The van der Waals surface area contributed by atoms with Crippen LogP contribution in [0.5, 0.6) is 5.75 Å². The van der Waals surface area contributed by atoms with E-state index in [-0.39, 0.29) is 5.88 Å². The molecule has 0 amide bonds. The van der Waals surface area contributed by atoms with E-state index in [0.29, 0.717) is 16.5 Å². The normalized spacial score (nSPS) is 14.7. The Labute approximate surface area is 110 Å². The van der Waals surface area contributed by atoms with Crippen molar-refractivity contribution in [3.05, 3.63) is 29.4 Å². The lowest BCUT2D eigenvalue weighted by Gasteiger charge is -2.10. The van der Waals surface area contributed by atoms with E-state index < -0.39 is 0 Å². The van der Waals surface area contributed by atoms with Gasteiger partial charge in [-0.15, -0.1) is 0 Å². The van der Waals surface area contributed by atoms with Gasteiger partial charge in [0.25, 0.3) is 0 Å². The van der Waals surface area contributed by atoms with Crippen molar-refractivity contribution >= 4 is 17.5 Å². The van der Waals surface area contributed by atoms with E-state index in [2.05, 4.69) is 5.16 Å². The maximum Gasteiger partial charge on any atom is 0.230 e. The summed E-state index contributed by atoms with van der Waals surface area (Å²) in [4.78, 5) is 0.